The van der Waals surface area contributed by atoms with Crippen molar-refractivity contribution in [2.24, 2.45) is 0 Å². The van der Waals surface area contributed by atoms with E-state index in [0.717, 1.165) is 31.1 Å². The molecule has 1 N–H and O–H groups in total. The molecule has 0 amide bonds. The maximum Gasteiger partial charge on any atom is 0.225 e. The molecule has 0 radical (unpaired) electrons. The summed E-state index contributed by atoms with van der Waals surface area (Å²) in [5, 5.41) is 3.28. The molecule has 1 atom stereocenters. The summed E-state index contributed by atoms with van der Waals surface area (Å²) in [5.41, 5.74) is 1.14. The lowest BCUT2D eigenvalue weighted by molar-refractivity contribution is 0.247. The summed E-state index contributed by atoms with van der Waals surface area (Å²) in [6.45, 7) is 6.21. The summed E-state index contributed by atoms with van der Waals surface area (Å²) in [6, 6.07) is 0.526. The molecule has 1 aliphatic heterocycles. The fourth-order valence-electron chi connectivity index (χ4n) is 2.51. The van der Waals surface area contributed by atoms with Crippen molar-refractivity contribution in [1.82, 2.24) is 20.2 Å². The fourth-order valence-corrected chi connectivity index (χ4v) is 2.51. The molecule has 5 heteroatoms. The van der Waals surface area contributed by atoms with Gasteiger partial charge in [-0.15, -0.1) is 0 Å². The highest BCUT2D eigenvalue weighted by molar-refractivity contribution is 5.30. The Kier molecular flexibility index (Phi) is 5.10. The Morgan fingerprint density at radius 1 is 1.42 bits per heavy atom. The van der Waals surface area contributed by atoms with E-state index in [1.165, 1.54) is 19.4 Å². The molecule has 1 saturated heterocycles. The molecule has 0 spiro atoms. The Morgan fingerprint density at radius 3 is 2.79 bits per heavy atom. The number of rotatable bonds is 5. The molecule has 1 unspecified atom stereocenters. The highest BCUT2D eigenvalue weighted by Crippen LogP contribution is 2.17. The van der Waals surface area contributed by atoms with E-state index in [9.17, 15) is 0 Å². The summed E-state index contributed by atoms with van der Waals surface area (Å²) in [7, 11) is 4.28. The SMILES string of the molecule is CCNCc1cnc(N(C)C2CCCN(C)C2)nc1. The Balaban J connectivity index is 1.96. The van der Waals surface area contributed by atoms with Gasteiger partial charge in [0, 0.05) is 44.1 Å². The molecular formula is C14H25N5. The van der Waals surface area contributed by atoms with Crippen molar-refractivity contribution in [2.45, 2.75) is 32.4 Å². The Bertz CT molecular complexity index is 378. The van der Waals surface area contributed by atoms with E-state index in [1.807, 2.05) is 12.4 Å². The first-order valence-corrected chi connectivity index (χ1v) is 7.13. The van der Waals surface area contributed by atoms with Crippen LogP contribution in [0.3, 0.4) is 0 Å². The molecule has 0 aromatic carbocycles. The van der Waals surface area contributed by atoms with Gasteiger partial charge in [0.25, 0.3) is 0 Å². The monoisotopic (exact) mass is 263 g/mol. The maximum absolute atomic E-state index is 4.49. The van der Waals surface area contributed by atoms with Gasteiger partial charge < -0.3 is 15.1 Å². The Hall–Kier alpha value is -1.20. The van der Waals surface area contributed by atoms with Crippen molar-refractivity contribution in [3.8, 4) is 0 Å². The zero-order valence-corrected chi connectivity index (χ0v) is 12.3. The van der Waals surface area contributed by atoms with Crippen LogP contribution < -0.4 is 10.2 Å². The smallest absolute Gasteiger partial charge is 0.225 e. The molecule has 106 valence electrons. The number of anilines is 1. The van der Waals surface area contributed by atoms with Crippen LogP contribution in [-0.2, 0) is 6.54 Å². The van der Waals surface area contributed by atoms with Crippen molar-refractivity contribution in [2.75, 3.05) is 38.6 Å². The number of likely N-dealkylation sites (tertiary alicyclic amines) is 1. The zero-order valence-electron chi connectivity index (χ0n) is 12.3. The Labute approximate surface area is 116 Å². The van der Waals surface area contributed by atoms with Gasteiger partial charge in [0.2, 0.25) is 5.95 Å². The first kappa shape index (κ1) is 14.2. The summed E-state index contributed by atoms with van der Waals surface area (Å²) >= 11 is 0. The minimum Gasteiger partial charge on any atom is -0.340 e. The zero-order chi connectivity index (χ0) is 13.7. The van der Waals surface area contributed by atoms with Gasteiger partial charge in [0.05, 0.1) is 0 Å². The van der Waals surface area contributed by atoms with Crippen LogP contribution in [0.4, 0.5) is 5.95 Å². The molecule has 1 fully saturated rings. The molecule has 2 rings (SSSR count). The van der Waals surface area contributed by atoms with Gasteiger partial charge in [-0.25, -0.2) is 9.97 Å². The van der Waals surface area contributed by atoms with Crippen LogP contribution in [0.1, 0.15) is 25.3 Å². The van der Waals surface area contributed by atoms with Crippen LogP contribution in [0, 0.1) is 0 Å². The number of likely N-dealkylation sites (N-methyl/N-ethyl adjacent to an activating group) is 2. The quantitative estimate of drug-likeness (QED) is 0.862. The third-order valence-electron chi connectivity index (χ3n) is 3.73. The molecule has 0 aliphatic carbocycles. The fraction of sp³-hybridized carbons (Fsp3) is 0.714. The van der Waals surface area contributed by atoms with Crippen molar-refractivity contribution < 1.29 is 0 Å². The second-order valence-corrected chi connectivity index (χ2v) is 5.34. The summed E-state index contributed by atoms with van der Waals surface area (Å²) in [5.74, 6) is 0.834. The van der Waals surface area contributed by atoms with Gasteiger partial charge >= 0.3 is 0 Å². The van der Waals surface area contributed by atoms with Gasteiger partial charge in [-0.3, -0.25) is 0 Å². The van der Waals surface area contributed by atoms with Crippen molar-refractivity contribution in [1.29, 1.82) is 0 Å². The lowest BCUT2D eigenvalue weighted by Gasteiger charge is -2.35. The average molecular weight is 263 g/mol. The van der Waals surface area contributed by atoms with E-state index in [0.29, 0.717) is 6.04 Å². The molecular weight excluding hydrogens is 238 g/mol. The van der Waals surface area contributed by atoms with Gasteiger partial charge in [0.15, 0.2) is 0 Å². The van der Waals surface area contributed by atoms with E-state index >= 15 is 0 Å². The summed E-state index contributed by atoms with van der Waals surface area (Å²) < 4.78 is 0. The molecule has 1 aromatic heterocycles. The van der Waals surface area contributed by atoms with Gasteiger partial charge in [0.1, 0.15) is 0 Å². The first-order valence-electron chi connectivity index (χ1n) is 7.13. The second kappa shape index (κ2) is 6.82. The predicted octanol–water partition coefficient (Wildman–Crippen LogP) is 1.12. The summed E-state index contributed by atoms with van der Waals surface area (Å²) in [4.78, 5) is 13.6. The third-order valence-corrected chi connectivity index (χ3v) is 3.73. The highest BCUT2D eigenvalue weighted by Gasteiger charge is 2.22. The molecule has 1 aliphatic rings. The number of aromatic nitrogens is 2. The number of hydrogen-bond donors (Lipinski definition) is 1. The number of piperidine rings is 1. The molecule has 1 aromatic rings. The average Bonchev–Trinajstić information content (AvgIpc) is 2.45. The molecule has 19 heavy (non-hydrogen) atoms. The van der Waals surface area contributed by atoms with Crippen LogP contribution in [0.2, 0.25) is 0 Å². The molecule has 5 nitrogen and oxygen atoms in total. The standard InChI is InChI=1S/C14H25N5/c1-4-15-8-12-9-16-14(17-10-12)19(3)13-6-5-7-18(2)11-13/h9-10,13,15H,4-8,11H2,1-3H3. The van der Waals surface area contributed by atoms with Crippen molar-refractivity contribution in [3.63, 3.8) is 0 Å². The largest absolute Gasteiger partial charge is 0.340 e. The predicted molar refractivity (Wildman–Crippen MR) is 78.3 cm³/mol. The first-order chi connectivity index (χ1) is 9.20. The van der Waals surface area contributed by atoms with E-state index in [-0.39, 0.29) is 0 Å². The van der Waals surface area contributed by atoms with Gasteiger partial charge in [-0.05, 0) is 33.0 Å². The number of nitrogens with zero attached hydrogens (tertiary/aromatic N) is 4. The van der Waals surface area contributed by atoms with E-state index < -0.39 is 0 Å². The minimum atomic E-state index is 0.526. The van der Waals surface area contributed by atoms with Crippen LogP contribution in [0.25, 0.3) is 0 Å². The Morgan fingerprint density at radius 2 is 2.16 bits per heavy atom. The normalized spacial score (nSPS) is 20.5. The second-order valence-electron chi connectivity index (χ2n) is 5.34. The van der Waals surface area contributed by atoms with Crippen molar-refractivity contribution >= 4 is 5.95 Å². The summed E-state index contributed by atoms with van der Waals surface area (Å²) in [6.07, 6.45) is 6.33. The number of nitrogens with one attached hydrogen (secondary N) is 1. The highest BCUT2D eigenvalue weighted by atomic mass is 15.3. The van der Waals surface area contributed by atoms with Crippen LogP contribution in [-0.4, -0.2) is 54.6 Å². The topological polar surface area (TPSA) is 44.3 Å². The maximum atomic E-state index is 4.49. The van der Waals surface area contributed by atoms with E-state index in [4.69, 9.17) is 0 Å². The molecule has 0 saturated carbocycles. The van der Waals surface area contributed by atoms with Gasteiger partial charge in [-0.1, -0.05) is 6.92 Å². The van der Waals surface area contributed by atoms with Crippen LogP contribution >= 0.6 is 0 Å². The molecule has 2 heterocycles. The lowest BCUT2D eigenvalue weighted by atomic mass is 10.1. The minimum absolute atomic E-state index is 0.526. The lowest BCUT2D eigenvalue weighted by Crippen LogP contribution is -2.45. The van der Waals surface area contributed by atoms with E-state index in [2.05, 4.69) is 46.1 Å². The van der Waals surface area contributed by atoms with E-state index in [1.54, 1.807) is 0 Å². The molecule has 0 bridgehead atoms. The van der Waals surface area contributed by atoms with Crippen LogP contribution in [0.15, 0.2) is 12.4 Å². The van der Waals surface area contributed by atoms with Gasteiger partial charge in [-0.2, -0.15) is 0 Å². The third kappa shape index (κ3) is 3.88. The van der Waals surface area contributed by atoms with Crippen molar-refractivity contribution in [3.05, 3.63) is 18.0 Å². The van der Waals surface area contributed by atoms with Crippen LogP contribution in [0.5, 0.6) is 0 Å². The number of hydrogen-bond acceptors (Lipinski definition) is 5.